The third-order valence-corrected chi connectivity index (χ3v) is 5.12. The minimum absolute atomic E-state index is 0.0218. The first kappa shape index (κ1) is 19.3. The van der Waals surface area contributed by atoms with E-state index < -0.39 is 0 Å². The van der Waals surface area contributed by atoms with Gasteiger partial charge in [-0.05, 0) is 37.3 Å². The summed E-state index contributed by atoms with van der Waals surface area (Å²) in [6.07, 6.45) is 0. The molecule has 0 unspecified atom stereocenters. The van der Waals surface area contributed by atoms with Crippen molar-refractivity contribution in [2.24, 2.45) is 0 Å². The molecule has 0 saturated carbocycles. The van der Waals surface area contributed by atoms with Crippen LogP contribution in [0.5, 0.6) is 0 Å². The average molecular weight is 411 g/mol. The summed E-state index contributed by atoms with van der Waals surface area (Å²) in [5.41, 5.74) is 2.05. The number of hydrogen-bond acceptors (Lipinski definition) is 4. The second-order valence-corrected chi connectivity index (χ2v) is 7.43. The molecule has 148 valence electrons. The van der Waals surface area contributed by atoms with Crippen LogP contribution in [0.15, 0.2) is 54.6 Å². The summed E-state index contributed by atoms with van der Waals surface area (Å²) in [6.45, 7) is 4.39. The predicted molar refractivity (Wildman–Crippen MR) is 112 cm³/mol. The highest BCUT2D eigenvalue weighted by molar-refractivity contribution is 6.30. The van der Waals surface area contributed by atoms with Gasteiger partial charge in [0.25, 0.3) is 5.91 Å². The van der Waals surface area contributed by atoms with Gasteiger partial charge < -0.3 is 9.80 Å². The first-order valence-corrected chi connectivity index (χ1v) is 9.79. The van der Waals surface area contributed by atoms with Crippen molar-refractivity contribution in [2.45, 2.75) is 6.92 Å². The summed E-state index contributed by atoms with van der Waals surface area (Å²) in [5.74, 6) is 0.942. The molecule has 0 atom stereocenters. The largest absolute Gasteiger partial charge is 0.353 e. The summed E-state index contributed by atoms with van der Waals surface area (Å²) >= 11 is 6.00. The molecule has 0 N–H and O–H groups in total. The molecule has 4 rings (SSSR count). The van der Waals surface area contributed by atoms with Gasteiger partial charge in [-0.3, -0.25) is 4.79 Å². The zero-order chi connectivity index (χ0) is 20.4. The van der Waals surface area contributed by atoms with Crippen LogP contribution in [-0.4, -0.2) is 47.0 Å². The molecule has 0 spiro atoms. The van der Waals surface area contributed by atoms with Gasteiger partial charge in [0.15, 0.2) is 5.82 Å². The van der Waals surface area contributed by atoms with Gasteiger partial charge in [-0.15, -0.1) is 0 Å². The van der Waals surface area contributed by atoms with Gasteiger partial charge in [-0.1, -0.05) is 29.8 Å². The van der Waals surface area contributed by atoms with E-state index >= 15 is 0 Å². The molecule has 5 nitrogen and oxygen atoms in total. The zero-order valence-corrected chi connectivity index (χ0v) is 16.7. The van der Waals surface area contributed by atoms with Crippen molar-refractivity contribution in [2.75, 3.05) is 31.1 Å². The summed E-state index contributed by atoms with van der Waals surface area (Å²) in [6, 6.07) is 15.2. The quantitative estimate of drug-likeness (QED) is 0.649. The van der Waals surface area contributed by atoms with E-state index in [9.17, 15) is 9.18 Å². The molecule has 1 amide bonds. The molecule has 2 aromatic carbocycles. The lowest BCUT2D eigenvalue weighted by molar-refractivity contribution is 0.0746. The SMILES string of the molecule is Cc1cc(N2CCN(C(=O)c3cccc(Cl)c3)CC2)nc(-c2cccc(F)c2)n1. The van der Waals surface area contributed by atoms with Gasteiger partial charge in [-0.2, -0.15) is 0 Å². The Morgan fingerprint density at radius 3 is 2.48 bits per heavy atom. The van der Waals surface area contributed by atoms with E-state index in [4.69, 9.17) is 11.6 Å². The topological polar surface area (TPSA) is 49.3 Å². The predicted octanol–water partition coefficient (Wildman–Crippen LogP) is 4.21. The van der Waals surface area contributed by atoms with Crippen LogP contribution in [0.3, 0.4) is 0 Å². The van der Waals surface area contributed by atoms with Crippen molar-refractivity contribution in [3.8, 4) is 11.4 Å². The van der Waals surface area contributed by atoms with Crippen LogP contribution in [0.1, 0.15) is 16.1 Å². The van der Waals surface area contributed by atoms with Crippen molar-refractivity contribution in [3.05, 3.63) is 76.7 Å². The number of benzene rings is 2. The fourth-order valence-corrected chi connectivity index (χ4v) is 3.60. The van der Waals surface area contributed by atoms with Gasteiger partial charge in [0.1, 0.15) is 11.6 Å². The molecule has 1 fully saturated rings. The third kappa shape index (κ3) is 4.38. The zero-order valence-electron chi connectivity index (χ0n) is 16.0. The maximum atomic E-state index is 13.6. The molecule has 7 heteroatoms. The molecule has 1 aliphatic rings. The molecule has 0 radical (unpaired) electrons. The number of carbonyl (C=O) groups is 1. The van der Waals surface area contributed by atoms with E-state index in [-0.39, 0.29) is 11.7 Å². The van der Waals surface area contributed by atoms with Crippen LogP contribution in [0, 0.1) is 12.7 Å². The van der Waals surface area contributed by atoms with Crippen LogP contribution >= 0.6 is 11.6 Å². The number of anilines is 1. The van der Waals surface area contributed by atoms with Crippen LogP contribution in [0.2, 0.25) is 5.02 Å². The summed E-state index contributed by atoms with van der Waals surface area (Å²) < 4.78 is 13.6. The Bertz CT molecular complexity index is 1050. The minimum Gasteiger partial charge on any atom is -0.353 e. The first-order chi connectivity index (χ1) is 14.0. The lowest BCUT2D eigenvalue weighted by Gasteiger charge is -2.35. The van der Waals surface area contributed by atoms with E-state index in [1.54, 1.807) is 36.4 Å². The molecule has 3 aromatic rings. The third-order valence-electron chi connectivity index (χ3n) is 4.89. The standard InChI is InChI=1S/C22H20ClFN4O/c1-15-12-20(26-21(25-15)16-4-3-7-19(24)14-16)27-8-10-28(11-9-27)22(29)17-5-2-6-18(23)13-17/h2-7,12-14H,8-11H2,1H3. The Labute approximate surface area is 173 Å². The smallest absolute Gasteiger partial charge is 0.254 e. The fourth-order valence-electron chi connectivity index (χ4n) is 3.41. The number of halogens is 2. The highest BCUT2D eigenvalue weighted by atomic mass is 35.5. The lowest BCUT2D eigenvalue weighted by Crippen LogP contribution is -2.49. The van der Waals surface area contributed by atoms with Crippen molar-refractivity contribution in [1.82, 2.24) is 14.9 Å². The molecule has 1 aliphatic heterocycles. The van der Waals surface area contributed by atoms with E-state index in [1.807, 2.05) is 17.9 Å². The maximum Gasteiger partial charge on any atom is 0.254 e. The average Bonchev–Trinajstić information content (AvgIpc) is 2.73. The highest BCUT2D eigenvalue weighted by Crippen LogP contribution is 2.22. The van der Waals surface area contributed by atoms with Crippen molar-refractivity contribution >= 4 is 23.3 Å². The van der Waals surface area contributed by atoms with Gasteiger partial charge in [0.2, 0.25) is 0 Å². The molecular weight excluding hydrogens is 391 g/mol. The van der Waals surface area contributed by atoms with E-state index in [0.717, 1.165) is 11.5 Å². The van der Waals surface area contributed by atoms with Crippen molar-refractivity contribution in [3.63, 3.8) is 0 Å². The molecule has 29 heavy (non-hydrogen) atoms. The van der Waals surface area contributed by atoms with E-state index in [2.05, 4.69) is 14.9 Å². The summed E-state index contributed by atoms with van der Waals surface area (Å²) in [5, 5.41) is 0.552. The second-order valence-electron chi connectivity index (χ2n) is 6.99. The van der Waals surface area contributed by atoms with Crippen LogP contribution in [-0.2, 0) is 0 Å². The fraction of sp³-hybridized carbons (Fsp3) is 0.227. The van der Waals surface area contributed by atoms with Crippen LogP contribution in [0.25, 0.3) is 11.4 Å². The molecule has 0 aliphatic carbocycles. The second kappa shape index (κ2) is 8.17. The Hall–Kier alpha value is -2.99. The molecule has 1 aromatic heterocycles. The summed E-state index contributed by atoms with van der Waals surface area (Å²) in [7, 11) is 0. The minimum atomic E-state index is -0.317. The van der Waals surface area contributed by atoms with Gasteiger partial charge in [0.05, 0.1) is 0 Å². The van der Waals surface area contributed by atoms with Crippen LogP contribution in [0.4, 0.5) is 10.2 Å². The molecule has 0 bridgehead atoms. The Morgan fingerprint density at radius 2 is 1.76 bits per heavy atom. The molecular formula is C22H20ClFN4O. The Morgan fingerprint density at radius 1 is 1.00 bits per heavy atom. The van der Waals surface area contributed by atoms with Gasteiger partial charge >= 0.3 is 0 Å². The first-order valence-electron chi connectivity index (χ1n) is 9.41. The lowest BCUT2D eigenvalue weighted by atomic mass is 10.1. The number of carbonyl (C=O) groups excluding carboxylic acids is 1. The Kier molecular flexibility index (Phi) is 5.45. The van der Waals surface area contributed by atoms with Gasteiger partial charge in [-0.25, -0.2) is 14.4 Å². The molecule has 1 saturated heterocycles. The number of nitrogens with zero attached hydrogens (tertiary/aromatic N) is 4. The monoisotopic (exact) mass is 410 g/mol. The molecule has 2 heterocycles. The van der Waals surface area contributed by atoms with Crippen molar-refractivity contribution in [1.29, 1.82) is 0 Å². The Balaban J connectivity index is 1.49. The van der Waals surface area contributed by atoms with Gasteiger partial charge in [0, 0.05) is 54.1 Å². The van der Waals surface area contributed by atoms with E-state index in [0.29, 0.717) is 48.2 Å². The normalized spacial score (nSPS) is 14.2. The number of aromatic nitrogens is 2. The number of piperazine rings is 1. The van der Waals surface area contributed by atoms with Crippen molar-refractivity contribution < 1.29 is 9.18 Å². The number of aryl methyl sites for hydroxylation is 1. The maximum absolute atomic E-state index is 13.6. The highest BCUT2D eigenvalue weighted by Gasteiger charge is 2.23. The number of hydrogen-bond donors (Lipinski definition) is 0. The number of rotatable bonds is 3. The van der Waals surface area contributed by atoms with Crippen LogP contribution < -0.4 is 4.90 Å². The number of amides is 1. The summed E-state index contributed by atoms with van der Waals surface area (Å²) in [4.78, 5) is 25.7. The van der Waals surface area contributed by atoms with E-state index in [1.165, 1.54) is 12.1 Å².